The van der Waals surface area contributed by atoms with Gasteiger partial charge in [-0.3, -0.25) is 9.59 Å². The largest absolute Gasteiger partial charge is 0.497 e. The van der Waals surface area contributed by atoms with Gasteiger partial charge in [0.1, 0.15) is 5.75 Å². The lowest BCUT2D eigenvalue weighted by Gasteiger charge is -2.06. The van der Waals surface area contributed by atoms with Crippen LogP contribution in [0.3, 0.4) is 0 Å². The Balaban J connectivity index is 1.71. The van der Waals surface area contributed by atoms with Crippen molar-refractivity contribution in [1.82, 2.24) is 5.32 Å². The lowest BCUT2D eigenvalue weighted by Crippen LogP contribution is -2.32. The molecule has 0 aromatic heterocycles. The number of ketones is 1. The van der Waals surface area contributed by atoms with Gasteiger partial charge < -0.3 is 10.1 Å². The Morgan fingerprint density at radius 2 is 1.54 bits per heavy atom. The number of ether oxygens (including phenoxy) is 1. The van der Waals surface area contributed by atoms with Crippen molar-refractivity contribution in [2.24, 2.45) is 0 Å². The molecule has 0 fully saturated rings. The molecule has 2 rings (SSSR count). The quantitative estimate of drug-likeness (QED) is 0.747. The van der Waals surface area contributed by atoms with Crippen LogP contribution in [0, 0.1) is 0 Å². The average molecular weight is 346 g/mol. The molecule has 0 saturated carbocycles. The van der Waals surface area contributed by atoms with Crippen molar-refractivity contribution in [3.8, 4) is 5.75 Å². The zero-order chi connectivity index (χ0) is 17.4. The van der Waals surface area contributed by atoms with E-state index in [0.29, 0.717) is 24.4 Å². The summed E-state index contributed by atoms with van der Waals surface area (Å²) in [4.78, 5) is 23.7. The summed E-state index contributed by atoms with van der Waals surface area (Å²) in [6.45, 7) is 0.428. The van der Waals surface area contributed by atoms with E-state index in [1.807, 2.05) is 36.4 Å². The van der Waals surface area contributed by atoms with E-state index in [2.05, 4.69) is 5.32 Å². The zero-order valence-corrected chi connectivity index (χ0v) is 14.3. The van der Waals surface area contributed by atoms with Gasteiger partial charge in [-0.15, -0.1) is 0 Å². The fraction of sp³-hybridized carbons (Fsp3) is 0.263. The highest BCUT2D eigenvalue weighted by Crippen LogP contribution is 2.12. The molecule has 0 aliphatic carbocycles. The predicted molar refractivity (Wildman–Crippen MR) is 94.5 cm³/mol. The number of carbonyl (C=O) groups excluding carboxylic acids is 2. The Morgan fingerprint density at radius 3 is 2.17 bits per heavy atom. The number of hydrogen-bond donors (Lipinski definition) is 1. The van der Waals surface area contributed by atoms with Crippen molar-refractivity contribution < 1.29 is 14.3 Å². The molecule has 24 heavy (non-hydrogen) atoms. The van der Waals surface area contributed by atoms with Gasteiger partial charge in [-0.05, 0) is 48.2 Å². The Morgan fingerprint density at radius 1 is 0.958 bits per heavy atom. The number of halogens is 1. The molecule has 0 aliphatic rings. The van der Waals surface area contributed by atoms with Crippen molar-refractivity contribution in [2.75, 3.05) is 13.7 Å². The molecule has 0 atom stereocenters. The van der Waals surface area contributed by atoms with Gasteiger partial charge in [0.15, 0.2) is 0 Å². The average Bonchev–Trinajstić information content (AvgIpc) is 2.61. The summed E-state index contributed by atoms with van der Waals surface area (Å²) in [7, 11) is 1.62. The smallest absolute Gasteiger partial charge is 0.287 e. The molecular weight excluding hydrogens is 326 g/mol. The molecule has 1 N–H and O–H groups in total. The molecule has 0 heterocycles. The van der Waals surface area contributed by atoms with Crippen molar-refractivity contribution in [2.45, 2.75) is 19.3 Å². The first-order valence-electron chi connectivity index (χ1n) is 7.77. The van der Waals surface area contributed by atoms with E-state index in [9.17, 15) is 9.59 Å². The monoisotopic (exact) mass is 345 g/mol. The second-order valence-electron chi connectivity index (χ2n) is 5.40. The minimum absolute atomic E-state index is 0.190. The van der Waals surface area contributed by atoms with E-state index >= 15 is 0 Å². The molecule has 0 radical (unpaired) electrons. The summed E-state index contributed by atoms with van der Waals surface area (Å²) >= 11 is 5.81. The standard InChI is InChI=1S/C19H20ClNO3/c1-24-17-9-4-15(5-10-17)12-13-21-19(23)18(22)11-6-14-2-7-16(20)8-3-14/h2-5,7-10H,6,11-13H2,1H3,(H,21,23). The summed E-state index contributed by atoms with van der Waals surface area (Å²) < 4.78 is 5.09. The number of carbonyl (C=O) groups is 2. The van der Waals surface area contributed by atoms with Gasteiger partial charge in [-0.2, -0.15) is 0 Å². The Labute approximate surface area is 146 Å². The molecule has 1 amide bonds. The number of nitrogens with one attached hydrogen (secondary N) is 1. The van der Waals surface area contributed by atoms with Gasteiger partial charge in [0.2, 0.25) is 5.78 Å². The van der Waals surface area contributed by atoms with Crippen LogP contribution in [0.1, 0.15) is 17.5 Å². The molecule has 0 unspecified atom stereocenters. The molecule has 2 aromatic carbocycles. The number of aryl methyl sites for hydroxylation is 1. The molecule has 0 aliphatic heterocycles. The van der Waals surface area contributed by atoms with Crippen LogP contribution in [-0.2, 0) is 22.4 Å². The number of hydrogen-bond acceptors (Lipinski definition) is 3. The molecule has 126 valence electrons. The van der Waals surface area contributed by atoms with Crippen molar-refractivity contribution >= 4 is 23.3 Å². The zero-order valence-electron chi connectivity index (χ0n) is 13.5. The third-order valence-electron chi connectivity index (χ3n) is 3.67. The number of benzene rings is 2. The van der Waals surface area contributed by atoms with Crippen molar-refractivity contribution in [3.05, 3.63) is 64.7 Å². The van der Waals surface area contributed by atoms with Gasteiger partial charge in [-0.1, -0.05) is 35.9 Å². The van der Waals surface area contributed by atoms with Crippen LogP contribution < -0.4 is 10.1 Å². The first kappa shape index (κ1) is 18.0. The number of rotatable bonds is 8. The predicted octanol–water partition coefficient (Wildman–Crippen LogP) is 3.21. The minimum atomic E-state index is -0.530. The normalized spacial score (nSPS) is 10.2. The highest BCUT2D eigenvalue weighted by Gasteiger charge is 2.12. The van der Waals surface area contributed by atoms with Crippen LogP contribution in [0.25, 0.3) is 0 Å². The van der Waals surface area contributed by atoms with Crippen LogP contribution in [-0.4, -0.2) is 25.3 Å². The van der Waals surface area contributed by atoms with Gasteiger partial charge in [0.25, 0.3) is 5.91 Å². The molecular formula is C19H20ClNO3. The first-order chi connectivity index (χ1) is 11.6. The molecule has 5 heteroatoms. The molecule has 0 saturated heterocycles. The number of methoxy groups -OCH3 is 1. The van der Waals surface area contributed by atoms with Crippen LogP contribution in [0.4, 0.5) is 0 Å². The van der Waals surface area contributed by atoms with Gasteiger partial charge >= 0.3 is 0 Å². The molecule has 2 aromatic rings. The van der Waals surface area contributed by atoms with Gasteiger partial charge in [-0.25, -0.2) is 0 Å². The van der Waals surface area contributed by atoms with E-state index in [-0.39, 0.29) is 6.42 Å². The SMILES string of the molecule is COc1ccc(CCNC(=O)C(=O)CCc2ccc(Cl)cc2)cc1. The lowest BCUT2D eigenvalue weighted by molar-refractivity contribution is -0.137. The maximum Gasteiger partial charge on any atom is 0.287 e. The van der Waals surface area contributed by atoms with Gasteiger partial charge in [0, 0.05) is 18.0 Å². The second kappa shape index (κ2) is 9.08. The maximum atomic E-state index is 11.9. The fourth-order valence-corrected chi connectivity index (χ4v) is 2.36. The molecule has 4 nitrogen and oxygen atoms in total. The Hall–Kier alpha value is -2.33. The van der Waals surface area contributed by atoms with E-state index < -0.39 is 11.7 Å². The summed E-state index contributed by atoms with van der Waals surface area (Å²) in [6, 6.07) is 14.9. The Kier molecular flexibility index (Phi) is 6.82. The van der Waals surface area contributed by atoms with Gasteiger partial charge in [0.05, 0.1) is 7.11 Å². The van der Waals surface area contributed by atoms with E-state index in [1.54, 1.807) is 19.2 Å². The van der Waals surface area contributed by atoms with Crippen LogP contribution in [0.15, 0.2) is 48.5 Å². The molecule has 0 spiro atoms. The van der Waals surface area contributed by atoms with E-state index in [4.69, 9.17) is 16.3 Å². The summed E-state index contributed by atoms with van der Waals surface area (Å²) in [6.07, 6.45) is 1.39. The van der Waals surface area contributed by atoms with Crippen LogP contribution in [0.5, 0.6) is 5.75 Å². The summed E-state index contributed by atoms with van der Waals surface area (Å²) in [5, 5.41) is 3.32. The highest BCUT2D eigenvalue weighted by molar-refractivity contribution is 6.36. The van der Waals surface area contributed by atoms with Crippen LogP contribution in [0.2, 0.25) is 5.02 Å². The van der Waals surface area contributed by atoms with E-state index in [0.717, 1.165) is 16.9 Å². The lowest BCUT2D eigenvalue weighted by atomic mass is 10.1. The highest BCUT2D eigenvalue weighted by atomic mass is 35.5. The van der Waals surface area contributed by atoms with Crippen molar-refractivity contribution in [1.29, 1.82) is 0 Å². The maximum absolute atomic E-state index is 11.9. The third kappa shape index (κ3) is 5.70. The summed E-state index contributed by atoms with van der Waals surface area (Å²) in [5.74, 6) is -0.141. The van der Waals surface area contributed by atoms with Crippen molar-refractivity contribution in [3.63, 3.8) is 0 Å². The second-order valence-corrected chi connectivity index (χ2v) is 5.84. The number of amides is 1. The Bertz CT molecular complexity index is 681. The fourth-order valence-electron chi connectivity index (χ4n) is 2.23. The third-order valence-corrected chi connectivity index (χ3v) is 3.92. The van der Waals surface area contributed by atoms with Crippen LogP contribution >= 0.6 is 11.6 Å². The summed E-state index contributed by atoms with van der Waals surface area (Å²) in [5.41, 5.74) is 2.06. The molecule has 0 bridgehead atoms. The topological polar surface area (TPSA) is 55.4 Å². The van der Waals surface area contributed by atoms with E-state index in [1.165, 1.54) is 0 Å². The minimum Gasteiger partial charge on any atom is -0.497 e. The first-order valence-corrected chi connectivity index (χ1v) is 8.14. The number of Topliss-reactive ketones (excluding diaryl/α,β-unsaturated/α-hetero) is 1.